The van der Waals surface area contributed by atoms with Gasteiger partial charge in [0.05, 0.1) is 12.5 Å². The van der Waals surface area contributed by atoms with E-state index in [1.54, 1.807) is 11.9 Å². The zero-order valence-corrected chi connectivity index (χ0v) is 13.6. The number of primary amides is 1. The Kier molecular flexibility index (Phi) is 6.17. The van der Waals surface area contributed by atoms with Gasteiger partial charge in [-0.1, -0.05) is 19.9 Å². The molecule has 6 nitrogen and oxygen atoms in total. The number of hydrogen-bond donors (Lipinski definition) is 3. The summed E-state index contributed by atoms with van der Waals surface area (Å²) < 4.78 is 0. The van der Waals surface area contributed by atoms with E-state index in [9.17, 15) is 9.59 Å². The molecule has 0 saturated carbocycles. The molecule has 0 aromatic carbocycles. The van der Waals surface area contributed by atoms with E-state index in [-0.39, 0.29) is 17.7 Å². The van der Waals surface area contributed by atoms with Gasteiger partial charge in [-0.2, -0.15) is 0 Å². The van der Waals surface area contributed by atoms with Gasteiger partial charge in [-0.15, -0.1) is 11.3 Å². The second kappa shape index (κ2) is 7.42. The summed E-state index contributed by atoms with van der Waals surface area (Å²) in [5, 5.41) is 4.52. The van der Waals surface area contributed by atoms with Gasteiger partial charge in [0.25, 0.3) is 0 Å². The Morgan fingerprint density at radius 1 is 1.48 bits per heavy atom. The van der Waals surface area contributed by atoms with E-state index in [0.29, 0.717) is 13.1 Å². The number of thiophene rings is 1. The molecule has 0 aliphatic carbocycles. The molecule has 0 spiro atoms. The van der Waals surface area contributed by atoms with Crippen LogP contribution in [-0.4, -0.2) is 37.0 Å². The Balaban J connectivity index is 2.70. The Morgan fingerprint density at radius 3 is 2.62 bits per heavy atom. The van der Waals surface area contributed by atoms with Crippen molar-refractivity contribution >= 4 is 23.3 Å². The fourth-order valence-corrected chi connectivity index (χ4v) is 2.79. The molecule has 1 atom stereocenters. The first-order chi connectivity index (χ1) is 9.75. The molecule has 1 heterocycles. The van der Waals surface area contributed by atoms with Crippen molar-refractivity contribution in [2.24, 2.45) is 16.9 Å². The van der Waals surface area contributed by atoms with Crippen LogP contribution < -0.4 is 16.8 Å². The minimum absolute atomic E-state index is 0.0522. The van der Waals surface area contributed by atoms with Crippen molar-refractivity contribution in [1.82, 2.24) is 10.2 Å². The number of nitrogens with two attached hydrogens (primary N) is 2. The van der Waals surface area contributed by atoms with E-state index >= 15 is 0 Å². The van der Waals surface area contributed by atoms with Crippen LogP contribution in [0.2, 0.25) is 0 Å². The average Bonchev–Trinajstić information content (AvgIpc) is 2.90. The molecule has 5 N–H and O–H groups in total. The molecular formula is C14H24N4O2S. The summed E-state index contributed by atoms with van der Waals surface area (Å²) in [7, 11) is 1.75. The topological polar surface area (TPSA) is 101 Å². The minimum atomic E-state index is -0.633. The Labute approximate surface area is 129 Å². The molecule has 0 aliphatic heterocycles. The van der Waals surface area contributed by atoms with Gasteiger partial charge in [-0.05, 0) is 23.4 Å². The number of hydrogen-bond acceptors (Lipinski definition) is 4. The predicted molar refractivity (Wildman–Crippen MR) is 84.9 cm³/mol. The van der Waals surface area contributed by atoms with Crippen LogP contribution in [0.3, 0.4) is 0 Å². The molecule has 0 saturated heterocycles. The number of amides is 3. The minimum Gasteiger partial charge on any atom is -0.352 e. The molecule has 3 amide bonds. The summed E-state index contributed by atoms with van der Waals surface area (Å²) in [5.74, 6) is -0.0522. The molecule has 118 valence electrons. The Morgan fingerprint density at radius 2 is 2.14 bits per heavy atom. The predicted octanol–water partition coefficient (Wildman–Crippen LogP) is 1.29. The number of rotatable bonds is 7. The van der Waals surface area contributed by atoms with E-state index < -0.39 is 12.1 Å². The second-order valence-electron chi connectivity index (χ2n) is 5.90. The molecule has 21 heavy (non-hydrogen) atoms. The highest BCUT2D eigenvalue weighted by Gasteiger charge is 2.24. The second-order valence-corrected chi connectivity index (χ2v) is 6.88. The number of carbonyl (C=O) groups excluding carboxylic acids is 2. The molecule has 1 rings (SSSR count). The smallest absolute Gasteiger partial charge is 0.312 e. The highest BCUT2D eigenvalue weighted by Crippen LogP contribution is 2.23. The molecule has 1 aromatic rings. The van der Waals surface area contributed by atoms with Crippen LogP contribution in [0.25, 0.3) is 0 Å². The van der Waals surface area contributed by atoms with Gasteiger partial charge < -0.3 is 21.7 Å². The fraction of sp³-hybridized carbons (Fsp3) is 0.571. The number of urea groups is 1. The van der Waals surface area contributed by atoms with Crippen molar-refractivity contribution in [3.05, 3.63) is 22.4 Å². The van der Waals surface area contributed by atoms with E-state index in [0.717, 1.165) is 4.88 Å². The van der Waals surface area contributed by atoms with Gasteiger partial charge in [-0.25, -0.2) is 4.79 Å². The van der Waals surface area contributed by atoms with Gasteiger partial charge in [-0.3, -0.25) is 4.79 Å². The Hall–Kier alpha value is -1.60. The van der Waals surface area contributed by atoms with Crippen molar-refractivity contribution in [2.45, 2.75) is 26.3 Å². The Bertz CT molecular complexity index is 473. The first-order valence-corrected chi connectivity index (χ1v) is 7.66. The fourth-order valence-electron chi connectivity index (χ4n) is 2.01. The monoisotopic (exact) mass is 312 g/mol. The number of nitrogens with zero attached hydrogens (tertiary/aromatic N) is 1. The van der Waals surface area contributed by atoms with E-state index in [1.807, 2.05) is 31.4 Å². The summed E-state index contributed by atoms with van der Waals surface area (Å²) in [5.41, 5.74) is 10.7. The molecule has 0 radical (unpaired) electrons. The van der Waals surface area contributed by atoms with Crippen LogP contribution in [0.4, 0.5) is 4.79 Å². The molecule has 7 heteroatoms. The standard InChI is InChI=1S/C14H24N4O2S/c1-14(2,8-15)9-18(3)12(19)7-10(17-13(16)20)11-5-4-6-21-11/h4-6,10H,7-9,15H2,1-3H3,(H3,16,17,20). The molecule has 1 aromatic heterocycles. The van der Waals surface area contributed by atoms with Crippen LogP contribution in [0.15, 0.2) is 17.5 Å². The first kappa shape index (κ1) is 17.5. The van der Waals surface area contributed by atoms with Gasteiger partial charge in [0.2, 0.25) is 5.91 Å². The van der Waals surface area contributed by atoms with Crippen LogP contribution in [0, 0.1) is 5.41 Å². The lowest BCUT2D eigenvalue weighted by atomic mass is 9.93. The van der Waals surface area contributed by atoms with Crippen LogP contribution >= 0.6 is 11.3 Å². The SMILES string of the molecule is CN(CC(C)(C)CN)C(=O)CC(NC(N)=O)c1cccs1. The van der Waals surface area contributed by atoms with E-state index in [2.05, 4.69) is 5.32 Å². The third-order valence-electron chi connectivity index (χ3n) is 3.23. The first-order valence-electron chi connectivity index (χ1n) is 6.78. The van der Waals surface area contributed by atoms with Crippen LogP contribution in [0.5, 0.6) is 0 Å². The number of carbonyl (C=O) groups is 2. The highest BCUT2D eigenvalue weighted by molar-refractivity contribution is 7.10. The maximum Gasteiger partial charge on any atom is 0.312 e. The van der Waals surface area contributed by atoms with Crippen LogP contribution in [0.1, 0.15) is 31.2 Å². The highest BCUT2D eigenvalue weighted by atomic mass is 32.1. The molecule has 0 fully saturated rings. The molecule has 1 unspecified atom stereocenters. The summed E-state index contributed by atoms with van der Waals surface area (Å²) in [6.07, 6.45) is 0.181. The van der Waals surface area contributed by atoms with E-state index in [1.165, 1.54) is 11.3 Å². The van der Waals surface area contributed by atoms with E-state index in [4.69, 9.17) is 11.5 Å². The largest absolute Gasteiger partial charge is 0.352 e. The van der Waals surface area contributed by atoms with Crippen molar-refractivity contribution < 1.29 is 9.59 Å². The van der Waals surface area contributed by atoms with Crippen LogP contribution in [-0.2, 0) is 4.79 Å². The summed E-state index contributed by atoms with van der Waals surface area (Å²) in [6, 6.07) is 2.73. The lowest BCUT2D eigenvalue weighted by molar-refractivity contribution is -0.131. The summed E-state index contributed by atoms with van der Waals surface area (Å²) >= 11 is 1.48. The maximum atomic E-state index is 12.3. The third-order valence-corrected chi connectivity index (χ3v) is 4.21. The third kappa shape index (κ3) is 5.73. The summed E-state index contributed by atoms with van der Waals surface area (Å²) in [6.45, 7) is 5.08. The zero-order valence-electron chi connectivity index (χ0n) is 12.8. The lowest BCUT2D eigenvalue weighted by Crippen LogP contribution is -2.42. The van der Waals surface area contributed by atoms with Gasteiger partial charge in [0, 0.05) is 18.5 Å². The van der Waals surface area contributed by atoms with Crippen molar-refractivity contribution in [3.63, 3.8) is 0 Å². The number of nitrogens with one attached hydrogen (secondary N) is 1. The summed E-state index contributed by atoms with van der Waals surface area (Å²) in [4.78, 5) is 26.0. The maximum absolute atomic E-state index is 12.3. The molecular weight excluding hydrogens is 288 g/mol. The molecule has 0 bridgehead atoms. The van der Waals surface area contributed by atoms with Gasteiger partial charge >= 0.3 is 6.03 Å². The van der Waals surface area contributed by atoms with Crippen molar-refractivity contribution in [2.75, 3.05) is 20.1 Å². The molecule has 0 aliphatic rings. The quantitative estimate of drug-likeness (QED) is 0.707. The van der Waals surface area contributed by atoms with Crippen molar-refractivity contribution in [1.29, 1.82) is 0 Å². The average molecular weight is 312 g/mol. The van der Waals surface area contributed by atoms with Crippen molar-refractivity contribution in [3.8, 4) is 0 Å². The normalized spacial score (nSPS) is 12.8. The van der Waals surface area contributed by atoms with Gasteiger partial charge in [0.15, 0.2) is 0 Å². The zero-order chi connectivity index (χ0) is 16.0. The van der Waals surface area contributed by atoms with Gasteiger partial charge in [0.1, 0.15) is 0 Å². The lowest BCUT2D eigenvalue weighted by Gasteiger charge is -2.30.